The number of hydrogen-bond acceptors (Lipinski definition) is 3. The Morgan fingerprint density at radius 1 is 0.900 bits per heavy atom. The molecule has 3 nitrogen and oxygen atoms in total. The Morgan fingerprint density at radius 3 is 1.30 bits per heavy atom. The molecule has 1 heterocycles. The zero-order valence-corrected chi connectivity index (χ0v) is 4.30. The number of hydrogen-bond donors (Lipinski definition) is 0. The maximum atomic E-state index is 4.86. The maximum Gasteiger partial charge on any atom is 0.213 e. The topological polar surface area (TPSA) is 38.9 Å². The highest BCUT2D eigenvalue weighted by atomic mass is 16.4. The number of rotatable bonds is 0. The molecule has 0 aliphatic rings. The molecule has 0 fully saturated rings. The Morgan fingerprint density at radius 2 is 1.20 bits per heavy atom. The molecule has 62 valence electrons. The SMILES string of the molecule is C.C.C.Cc1nnc(C)o1. The number of aryl methyl sites for hydroxylation is 2. The van der Waals surface area contributed by atoms with Crippen LogP contribution in [0.2, 0.25) is 0 Å². The second-order valence-corrected chi connectivity index (χ2v) is 1.34. The summed E-state index contributed by atoms with van der Waals surface area (Å²) in [5.74, 6) is 1.25. The molecule has 0 aromatic carbocycles. The molecule has 3 heteroatoms. The fraction of sp³-hybridized carbons (Fsp3) is 0.714. The van der Waals surface area contributed by atoms with Crippen LogP contribution in [0.3, 0.4) is 0 Å². The Bertz CT molecular complexity index is 144. The van der Waals surface area contributed by atoms with Gasteiger partial charge in [0.25, 0.3) is 0 Å². The molecule has 0 N–H and O–H groups in total. The van der Waals surface area contributed by atoms with E-state index < -0.39 is 0 Å². The van der Waals surface area contributed by atoms with Gasteiger partial charge < -0.3 is 4.42 Å². The molecule has 0 unspecified atom stereocenters. The molecule has 0 saturated heterocycles. The Balaban J connectivity index is -0.000000163. The molecule has 10 heavy (non-hydrogen) atoms. The number of aromatic nitrogens is 2. The van der Waals surface area contributed by atoms with Crippen LogP contribution in [-0.4, -0.2) is 10.2 Å². The van der Waals surface area contributed by atoms with Gasteiger partial charge in [0.15, 0.2) is 0 Å². The summed E-state index contributed by atoms with van der Waals surface area (Å²) in [6.45, 7) is 3.53. The lowest BCUT2D eigenvalue weighted by molar-refractivity contribution is 0.489. The van der Waals surface area contributed by atoms with Crippen LogP contribution in [0.1, 0.15) is 34.1 Å². The largest absolute Gasteiger partial charge is 0.426 e. The van der Waals surface area contributed by atoms with Crippen molar-refractivity contribution >= 4 is 0 Å². The van der Waals surface area contributed by atoms with Crippen molar-refractivity contribution in [1.82, 2.24) is 10.2 Å². The van der Waals surface area contributed by atoms with Gasteiger partial charge in [-0.25, -0.2) is 0 Å². The van der Waals surface area contributed by atoms with E-state index in [0.29, 0.717) is 11.8 Å². The summed E-state index contributed by atoms with van der Waals surface area (Å²) in [6.07, 6.45) is 0. The van der Waals surface area contributed by atoms with Crippen molar-refractivity contribution in [3.05, 3.63) is 11.8 Å². The van der Waals surface area contributed by atoms with Crippen LogP contribution in [0.25, 0.3) is 0 Å². The van der Waals surface area contributed by atoms with Crippen LogP contribution in [0.15, 0.2) is 4.42 Å². The predicted octanol–water partition coefficient (Wildman–Crippen LogP) is 2.59. The van der Waals surface area contributed by atoms with Gasteiger partial charge in [0.1, 0.15) is 0 Å². The lowest BCUT2D eigenvalue weighted by Crippen LogP contribution is -1.68. The van der Waals surface area contributed by atoms with Crippen LogP contribution in [0, 0.1) is 13.8 Å². The van der Waals surface area contributed by atoms with Crippen LogP contribution >= 0.6 is 0 Å². The minimum atomic E-state index is 0. The smallest absolute Gasteiger partial charge is 0.213 e. The highest BCUT2D eigenvalue weighted by Crippen LogP contribution is 1.92. The molecule has 0 atom stereocenters. The number of nitrogens with zero attached hydrogens (tertiary/aromatic N) is 2. The van der Waals surface area contributed by atoms with E-state index in [0.717, 1.165) is 0 Å². The molecule has 0 saturated carbocycles. The molecule has 0 spiro atoms. The summed E-state index contributed by atoms with van der Waals surface area (Å²) in [6, 6.07) is 0. The van der Waals surface area contributed by atoms with Gasteiger partial charge in [0, 0.05) is 13.8 Å². The highest BCUT2D eigenvalue weighted by molar-refractivity contribution is 4.72. The van der Waals surface area contributed by atoms with Crippen molar-refractivity contribution in [2.45, 2.75) is 36.1 Å². The minimum Gasteiger partial charge on any atom is -0.426 e. The first-order chi connectivity index (χ1) is 3.29. The lowest BCUT2D eigenvalue weighted by atomic mass is 10.8. The minimum absolute atomic E-state index is 0. The van der Waals surface area contributed by atoms with E-state index in [-0.39, 0.29) is 22.3 Å². The van der Waals surface area contributed by atoms with Gasteiger partial charge in [0.05, 0.1) is 0 Å². The molecule has 1 aromatic heterocycles. The lowest BCUT2D eigenvalue weighted by Gasteiger charge is -1.70. The van der Waals surface area contributed by atoms with E-state index in [9.17, 15) is 0 Å². The van der Waals surface area contributed by atoms with Crippen molar-refractivity contribution in [3.8, 4) is 0 Å². The van der Waals surface area contributed by atoms with Crippen LogP contribution in [0.5, 0.6) is 0 Å². The molecule has 0 bridgehead atoms. The molecule has 1 aromatic rings. The first kappa shape index (κ1) is 16.1. The summed E-state index contributed by atoms with van der Waals surface area (Å²) < 4.78 is 4.86. The van der Waals surface area contributed by atoms with E-state index in [4.69, 9.17) is 4.42 Å². The monoisotopic (exact) mass is 146 g/mol. The molecule has 0 aliphatic heterocycles. The van der Waals surface area contributed by atoms with Gasteiger partial charge in [-0.05, 0) is 0 Å². The summed E-state index contributed by atoms with van der Waals surface area (Å²) in [4.78, 5) is 0. The predicted molar refractivity (Wildman–Crippen MR) is 44.0 cm³/mol. The molecule has 0 radical (unpaired) electrons. The third kappa shape index (κ3) is 4.06. The molecular formula is C7H18N2O. The van der Waals surface area contributed by atoms with Crippen LogP contribution < -0.4 is 0 Å². The average molecular weight is 146 g/mol. The first-order valence-electron chi connectivity index (χ1n) is 2.06. The van der Waals surface area contributed by atoms with E-state index in [1.165, 1.54) is 0 Å². The van der Waals surface area contributed by atoms with Gasteiger partial charge >= 0.3 is 0 Å². The Hall–Kier alpha value is -0.860. The standard InChI is InChI=1S/C4H6N2O.3CH4/c1-3-5-6-4(2)7-3;;;/h1-2H3;3*1H4. The fourth-order valence-corrected chi connectivity index (χ4v) is 0.395. The van der Waals surface area contributed by atoms with Crippen LogP contribution in [-0.2, 0) is 0 Å². The molecule has 1 rings (SSSR count). The fourth-order valence-electron chi connectivity index (χ4n) is 0.395. The Kier molecular flexibility index (Phi) is 10.1. The third-order valence-corrected chi connectivity index (χ3v) is 0.627. The van der Waals surface area contributed by atoms with Crippen molar-refractivity contribution in [2.24, 2.45) is 0 Å². The van der Waals surface area contributed by atoms with Gasteiger partial charge in [-0.3, -0.25) is 0 Å². The summed E-state index contributed by atoms with van der Waals surface area (Å²) >= 11 is 0. The second kappa shape index (κ2) is 6.26. The van der Waals surface area contributed by atoms with E-state index in [2.05, 4.69) is 10.2 Å². The van der Waals surface area contributed by atoms with E-state index in [1.54, 1.807) is 13.8 Å². The Labute approximate surface area is 63.5 Å². The zero-order chi connectivity index (χ0) is 5.28. The van der Waals surface area contributed by atoms with Gasteiger partial charge in [-0.1, -0.05) is 22.3 Å². The second-order valence-electron chi connectivity index (χ2n) is 1.34. The normalized spacial score (nSPS) is 6.60. The molecule has 0 amide bonds. The maximum absolute atomic E-state index is 4.86. The van der Waals surface area contributed by atoms with E-state index >= 15 is 0 Å². The van der Waals surface area contributed by atoms with E-state index in [1.807, 2.05) is 0 Å². The van der Waals surface area contributed by atoms with Crippen LogP contribution in [0.4, 0.5) is 0 Å². The molecule has 0 aliphatic carbocycles. The van der Waals surface area contributed by atoms with Gasteiger partial charge in [-0.15, -0.1) is 10.2 Å². The first-order valence-corrected chi connectivity index (χ1v) is 2.06. The summed E-state index contributed by atoms with van der Waals surface area (Å²) in [7, 11) is 0. The van der Waals surface area contributed by atoms with Gasteiger partial charge in [-0.2, -0.15) is 0 Å². The molecular weight excluding hydrogens is 128 g/mol. The average Bonchev–Trinajstić information content (AvgIpc) is 1.87. The van der Waals surface area contributed by atoms with Crippen molar-refractivity contribution in [2.75, 3.05) is 0 Å². The summed E-state index contributed by atoms with van der Waals surface area (Å²) in [5, 5.41) is 7.20. The summed E-state index contributed by atoms with van der Waals surface area (Å²) in [5.41, 5.74) is 0. The zero-order valence-electron chi connectivity index (χ0n) is 4.30. The quantitative estimate of drug-likeness (QED) is 0.564. The van der Waals surface area contributed by atoms with Crippen molar-refractivity contribution in [1.29, 1.82) is 0 Å². The van der Waals surface area contributed by atoms with Crippen molar-refractivity contribution < 1.29 is 4.42 Å². The van der Waals surface area contributed by atoms with Crippen molar-refractivity contribution in [3.63, 3.8) is 0 Å². The van der Waals surface area contributed by atoms with Gasteiger partial charge in [0.2, 0.25) is 11.8 Å². The third-order valence-electron chi connectivity index (χ3n) is 0.627. The highest BCUT2D eigenvalue weighted by Gasteiger charge is 1.89.